The highest BCUT2D eigenvalue weighted by atomic mass is 35.5. The van der Waals surface area contributed by atoms with Crippen molar-refractivity contribution in [1.82, 2.24) is 5.32 Å². The van der Waals surface area contributed by atoms with E-state index in [9.17, 15) is 9.59 Å². The summed E-state index contributed by atoms with van der Waals surface area (Å²) in [4.78, 5) is 23.7. The average molecular weight is 322 g/mol. The van der Waals surface area contributed by atoms with Gasteiger partial charge in [0.05, 0.1) is 4.88 Å². The van der Waals surface area contributed by atoms with Gasteiger partial charge in [0.15, 0.2) is 0 Å². The zero-order valence-corrected chi connectivity index (χ0v) is 12.4. The summed E-state index contributed by atoms with van der Waals surface area (Å²) < 4.78 is 0. The van der Waals surface area contributed by atoms with Crippen molar-refractivity contribution in [2.75, 3.05) is 0 Å². The van der Waals surface area contributed by atoms with E-state index >= 15 is 0 Å². The molecule has 0 aliphatic rings. The normalized spacial score (nSPS) is 10.7. The zero-order chi connectivity index (χ0) is 15.2. The first kappa shape index (κ1) is 15.3. The third-order valence-corrected chi connectivity index (χ3v) is 3.87. The number of carbonyl (C=O) groups is 2. The molecule has 0 aliphatic carbocycles. The second-order valence-electron chi connectivity index (χ2n) is 4.19. The predicted molar refractivity (Wildman–Crippen MR) is 83.6 cm³/mol. The molecule has 2 rings (SSSR count). The molecule has 0 fully saturated rings. The van der Waals surface area contributed by atoms with Gasteiger partial charge in [0.25, 0.3) is 5.91 Å². The Morgan fingerprint density at radius 3 is 2.81 bits per heavy atom. The molecule has 2 aromatic rings. The molecule has 0 aliphatic heterocycles. The lowest BCUT2D eigenvalue weighted by atomic mass is 10.2. The summed E-state index contributed by atoms with van der Waals surface area (Å²) in [6.07, 6.45) is 2.50. The smallest absolute Gasteiger partial charge is 0.328 e. The minimum Gasteiger partial charge on any atom is -0.478 e. The van der Waals surface area contributed by atoms with Gasteiger partial charge >= 0.3 is 5.97 Å². The molecule has 1 heterocycles. The van der Waals surface area contributed by atoms with Crippen LogP contribution in [-0.2, 0) is 11.3 Å². The third kappa shape index (κ3) is 4.73. The van der Waals surface area contributed by atoms with Crippen LogP contribution in [0.4, 0.5) is 0 Å². The van der Waals surface area contributed by atoms with E-state index in [2.05, 4.69) is 5.32 Å². The quantitative estimate of drug-likeness (QED) is 0.829. The fraction of sp³-hybridized carbons (Fsp3) is 0.0667. The van der Waals surface area contributed by atoms with Crippen LogP contribution in [0.15, 0.2) is 42.5 Å². The molecule has 108 valence electrons. The molecule has 1 amide bonds. The first-order chi connectivity index (χ1) is 10.0. The summed E-state index contributed by atoms with van der Waals surface area (Å²) in [5, 5.41) is 12.0. The van der Waals surface area contributed by atoms with Crippen LogP contribution in [0.1, 0.15) is 20.1 Å². The summed E-state index contributed by atoms with van der Waals surface area (Å²) in [6.45, 7) is 0.386. The number of aliphatic carboxylic acids is 1. The second-order valence-corrected chi connectivity index (χ2v) is 5.74. The number of hydrogen-bond donors (Lipinski definition) is 2. The van der Waals surface area contributed by atoms with Crippen LogP contribution in [0.25, 0.3) is 6.08 Å². The molecule has 0 spiro atoms. The van der Waals surface area contributed by atoms with Gasteiger partial charge in [0.1, 0.15) is 0 Å². The number of carbonyl (C=O) groups excluding carboxylic acids is 1. The lowest BCUT2D eigenvalue weighted by molar-refractivity contribution is -0.131. The minimum absolute atomic E-state index is 0.199. The molecule has 1 aromatic carbocycles. The predicted octanol–water partition coefficient (Wildman–Crippen LogP) is 3.43. The van der Waals surface area contributed by atoms with E-state index in [1.165, 1.54) is 17.4 Å². The summed E-state index contributed by atoms with van der Waals surface area (Å²) in [5.41, 5.74) is 0.915. The molecular formula is C15H12ClNO3S. The second kappa shape index (κ2) is 7.06. The van der Waals surface area contributed by atoms with Crippen molar-refractivity contribution in [3.8, 4) is 0 Å². The molecule has 2 N–H and O–H groups in total. The number of amides is 1. The summed E-state index contributed by atoms with van der Waals surface area (Å²) >= 11 is 7.11. The number of rotatable bonds is 5. The molecule has 0 saturated carbocycles. The third-order valence-electron chi connectivity index (χ3n) is 2.58. The maximum atomic E-state index is 12.0. The molecule has 0 unspecified atom stereocenters. The van der Waals surface area contributed by atoms with Crippen LogP contribution in [0, 0.1) is 0 Å². The topological polar surface area (TPSA) is 66.4 Å². The van der Waals surface area contributed by atoms with Crippen molar-refractivity contribution in [2.45, 2.75) is 6.54 Å². The molecular weight excluding hydrogens is 310 g/mol. The molecule has 0 atom stereocenters. The van der Waals surface area contributed by atoms with Gasteiger partial charge in [-0.15, -0.1) is 11.3 Å². The van der Waals surface area contributed by atoms with Crippen LogP contribution in [0.3, 0.4) is 0 Å². The van der Waals surface area contributed by atoms with Crippen molar-refractivity contribution in [3.05, 3.63) is 62.8 Å². The largest absolute Gasteiger partial charge is 0.478 e. The van der Waals surface area contributed by atoms with E-state index in [0.717, 1.165) is 11.6 Å². The fourth-order valence-electron chi connectivity index (χ4n) is 1.63. The van der Waals surface area contributed by atoms with E-state index in [1.54, 1.807) is 24.3 Å². The zero-order valence-electron chi connectivity index (χ0n) is 10.9. The maximum Gasteiger partial charge on any atom is 0.328 e. The Bertz CT molecular complexity index is 694. The van der Waals surface area contributed by atoms with Crippen LogP contribution in [0.2, 0.25) is 5.02 Å². The van der Waals surface area contributed by atoms with Crippen molar-refractivity contribution < 1.29 is 14.7 Å². The summed E-state index contributed by atoms with van der Waals surface area (Å²) in [6, 6.07) is 10.6. The van der Waals surface area contributed by atoms with Crippen molar-refractivity contribution in [1.29, 1.82) is 0 Å². The van der Waals surface area contributed by atoms with Gasteiger partial charge < -0.3 is 10.4 Å². The number of hydrogen-bond acceptors (Lipinski definition) is 3. The Kier molecular flexibility index (Phi) is 5.14. The molecule has 4 nitrogen and oxygen atoms in total. The van der Waals surface area contributed by atoms with E-state index in [-0.39, 0.29) is 5.91 Å². The Morgan fingerprint density at radius 1 is 1.29 bits per heavy atom. The average Bonchev–Trinajstić information content (AvgIpc) is 2.91. The standard InChI is InChI=1S/C15H12ClNO3S/c16-11-3-1-2-10(8-11)9-17-15(20)13-6-4-12(21-13)5-7-14(18)19/h1-8H,9H2,(H,17,20)(H,18,19). The number of benzene rings is 1. The molecule has 21 heavy (non-hydrogen) atoms. The first-order valence-corrected chi connectivity index (χ1v) is 7.27. The van der Waals surface area contributed by atoms with Crippen molar-refractivity contribution in [2.24, 2.45) is 0 Å². The maximum absolute atomic E-state index is 12.0. The lowest BCUT2D eigenvalue weighted by Gasteiger charge is -2.04. The number of halogens is 1. The monoisotopic (exact) mass is 321 g/mol. The lowest BCUT2D eigenvalue weighted by Crippen LogP contribution is -2.21. The highest BCUT2D eigenvalue weighted by Gasteiger charge is 2.08. The van der Waals surface area contributed by atoms with Crippen LogP contribution < -0.4 is 5.32 Å². The number of nitrogens with one attached hydrogen (secondary N) is 1. The Morgan fingerprint density at radius 2 is 2.10 bits per heavy atom. The van der Waals surface area contributed by atoms with E-state index < -0.39 is 5.97 Å². The molecule has 1 aromatic heterocycles. The molecule has 0 radical (unpaired) electrons. The Balaban J connectivity index is 1.96. The highest BCUT2D eigenvalue weighted by molar-refractivity contribution is 7.14. The summed E-state index contributed by atoms with van der Waals surface area (Å²) in [5.74, 6) is -1.22. The van der Waals surface area contributed by atoms with E-state index in [4.69, 9.17) is 16.7 Å². The van der Waals surface area contributed by atoms with Crippen LogP contribution >= 0.6 is 22.9 Å². The molecule has 0 saturated heterocycles. The van der Waals surface area contributed by atoms with E-state index in [0.29, 0.717) is 21.3 Å². The number of carboxylic acid groups (broad SMARTS) is 1. The van der Waals surface area contributed by atoms with Crippen molar-refractivity contribution in [3.63, 3.8) is 0 Å². The van der Waals surface area contributed by atoms with Gasteiger partial charge in [0.2, 0.25) is 0 Å². The van der Waals surface area contributed by atoms with Gasteiger partial charge in [0, 0.05) is 22.5 Å². The van der Waals surface area contributed by atoms with Crippen LogP contribution in [0.5, 0.6) is 0 Å². The molecule has 0 bridgehead atoms. The Labute approximate surface area is 130 Å². The van der Waals surface area contributed by atoms with Gasteiger partial charge in [-0.05, 0) is 35.9 Å². The van der Waals surface area contributed by atoms with Crippen molar-refractivity contribution >= 4 is 40.9 Å². The Hall–Kier alpha value is -2.11. The minimum atomic E-state index is -1.02. The highest BCUT2D eigenvalue weighted by Crippen LogP contribution is 2.18. The number of carboxylic acids is 1. The fourth-order valence-corrected chi connectivity index (χ4v) is 2.67. The van der Waals surface area contributed by atoms with Crippen LogP contribution in [-0.4, -0.2) is 17.0 Å². The van der Waals surface area contributed by atoms with E-state index in [1.807, 2.05) is 12.1 Å². The van der Waals surface area contributed by atoms with Gasteiger partial charge in [-0.3, -0.25) is 4.79 Å². The summed E-state index contributed by atoms with van der Waals surface area (Å²) in [7, 11) is 0. The van der Waals surface area contributed by atoms with Gasteiger partial charge in [-0.25, -0.2) is 4.79 Å². The SMILES string of the molecule is O=C(O)C=Cc1ccc(C(=O)NCc2cccc(Cl)c2)s1. The van der Waals surface area contributed by atoms with Gasteiger partial charge in [-0.1, -0.05) is 23.7 Å². The molecule has 6 heteroatoms. The number of thiophene rings is 1. The first-order valence-electron chi connectivity index (χ1n) is 6.08. The van der Waals surface area contributed by atoms with Gasteiger partial charge in [-0.2, -0.15) is 0 Å².